The van der Waals surface area contributed by atoms with Gasteiger partial charge in [0.05, 0.1) is 22.8 Å². The van der Waals surface area contributed by atoms with E-state index in [4.69, 9.17) is 27.9 Å². The van der Waals surface area contributed by atoms with Crippen LogP contribution in [0, 0.1) is 0 Å². The summed E-state index contributed by atoms with van der Waals surface area (Å²) < 4.78 is 5.59. The Morgan fingerprint density at radius 2 is 2.00 bits per heavy atom. The highest BCUT2D eigenvalue weighted by molar-refractivity contribution is 6.41. The Bertz CT molecular complexity index is 457. The van der Waals surface area contributed by atoms with Crippen LogP contribution in [0.5, 0.6) is 0 Å². The summed E-state index contributed by atoms with van der Waals surface area (Å²) in [7, 11) is 0. The number of aromatic nitrogens is 1. The normalized spacial score (nSPS) is 24.1. The SMILES string of the molecule is C[C@@H]1CN(C(=O)c2cnc(Cl)c(Cl)c2)C[C@H](C)O1. The molecule has 1 amide bonds. The Hall–Kier alpha value is -0.840. The lowest BCUT2D eigenvalue weighted by Crippen LogP contribution is -2.48. The molecule has 4 nitrogen and oxygen atoms in total. The number of nitrogens with zero attached hydrogens (tertiary/aromatic N) is 2. The topological polar surface area (TPSA) is 42.4 Å². The van der Waals surface area contributed by atoms with Crippen LogP contribution in [-0.4, -0.2) is 41.1 Å². The number of rotatable bonds is 1. The summed E-state index contributed by atoms with van der Waals surface area (Å²) in [4.78, 5) is 17.9. The van der Waals surface area contributed by atoms with Crippen LogP contribution in [0.1, 0.15) is 24.2 Å². The van der Waals surface area contributed by atoms with Gasteiger partial charge in [0.15, 0.2) is 0 Å². The van der Waals surface area contributed by atoms with Crippen molar-refractivity contribution in [2.45, 2.75) is 26.1 Å². The molecule has 1 aliphatic heterocycles. The van der Waals surface area contributed by atoms with E-state index in [9.17, 15) is 4.79 Å². The summed E-state index contributed by atoms with van der Waals surface area (Å²) in [6.07, 6.45) is 1.52. The second kappa shape index (κ2) is 5.43. The van der Waals surface area contributed by atoms with Crippen molar-refractivity contribution in [2.75, 3.05) is 13.1 Å². The number of amides is 1. The molecule has 18 heavy (non-hydrogen) atoms. The van der Waals surface area contributed by atoms with E-state index in [1.807, 2.05) is 13.8 Å². The quantitative estimate of drug-likeness (QED) is 0.746. The lowest BCUT2D eigenvalue weighted by molar-refractivity contribution is -0.0586. The Balaban J connectivity index is 2.17. The number of morpholine rings is 1. The number of ether oxygens (including phenoxy) is 1. The summed E-state index contributed by atoms with van der Waals surface area (Å²) in [6, 6.07) is 1.55. The zero-order valence-corrected chi connectivity index (χ0v) is 11.7. The van der Waals surface area contributed by atoms with Crippen LogP contribution in [0.3, 0.4) is 0 Å². The van der Waals surface area contributed by atoms with Gasteiger partial charge in [0.2, 0.25) is 0 Å². The first-order valence-corrected chi connectivity index (χ1v) is 6.48. The summed E-state index contributed by atoms with van der Waals surface area (Å²) in [5.74, 6) is -0.0944. The third-order valence-electron chi connectivity index (χ3n) is 2.75. The average Bonchev–Trinajstić information content (AvgIpc) is 2.30. The van der Waals surface area contributed by atoms with E-state index in [1.54, 1.807) is 11.0 Å². The van der Waals surface area contributed by atoms with Gasteiger partial charge >= 0.3 is 0 Å². The van der Waals surface area contributed by atoms with Gasteiger partial charge < -0.3 is 9.64 Å². The molecular formula is C12H14Cl2N2O2. The Kier molecular flexibility index (Phi) is 4.10. The maximum atomic E-state index is 12.3. The molecule has 2 heterocycles. The third-order valence-corrected chi connectivity index (χ3v) is 3.44. The van der Waals surface area contributed by atoms with Gasteiger partial charge in [-0.15, -0.1) is 0 Å². The van der Waals surface area contributed by atoms with E-state index in [-0.39, 0.29) is 28.3 Å². The van der Waals surface area contributed by atoms with Crippen molar-refractivity contribution in [1.82, 2.24) is 9.88 Å². The highest BCUT2D eigenvalue weighted by atomic mass is 35.5. The van der Waals surface area contributed by atoms with Crippen LogP contribution in [-0.2, 0) is 4.74 Å². The number of carbonyl (C=O) groups excluding carboxylic acids is 1. The van der Waals surface area contributed by atoms with Crippen LogP contribution in [0.4, 0.5) is 0 Å². The van der Waals surface area contributed by atoms with Gasteiger partial charge in [-0.3, -0.25) is 4.79 Å². The lowest BCUT2D eigenvalue weighted by atomic mass is 10.2. The van der Waals surface area contributed by atoms with Crippen molar-refractivity contribution in [2.24, 2.45) is 0 Å². The molecule has 1 fully saturated rings. The maximum Gasteiger partial charge on any atom is 0.255 e. The number of hydrogen-bond donors (Lipinski definition) is 0. The van der Waals surface area contributed by atoms with Crippen LogP contribution >= 0.6 is 23.2 Å². The molecular weight excluding hydrogens is 275 g/mol. The molecule has 6 heteroatoms. The molecule has 2 rings (SSSR count). The number of carbonyl (C=O) groups is 1. The van der Waals surface area contributed by atoms with Gasteiger partial charge in [-0.05, 0) is 19.9 Å². The molecule has 1 aromatic rings. The molecule has 1 aliphatic rings. The second-order valence-electron chi connectivity index (χ2n) is 4.46. The smallest absolute Gasteiger partial charge is 0.255 e. The van der Waals surface area contributed by atoms with Crippen LogP contribution < -0.4 is 0 Å². The summed E-state index contributed by atoms with van der Waals surface area (Å²) in [6.45, 7) is 5.04. The van der Waals surface area contributed by atoms with Crippen molar-refractivity contribution >= 4 is 29.1 Å². The molecule has 2 atom stereocenters. The predicted molar refractivity (Wildman–Crippen MR) is 70.2 cm³/mol. The largest absolute Gasteiger partial charge is 0.372 e. The van der Waals surface area contributed by atoms with Crippen molar-refractivity contribution in [1.29, 1.82) is 0 Å². The number of hydrogen-bond acceptors (Lipinski definition) is 3. The monoisotopic (exact) mass is 288 g/mol. The van der Waals surface area contributed by atoms with Crippen molar-refractivity contribution < 1.29 is 9.53 Å². The van der Waals surface area contributed by atoms with Gasteiger partial charge in [0.25, 0.3) is 5.91 Å². The fraction of sp³-hybridized carbons (Fsp3) is 0.500. The predicted octanol–water partition coefficient (Wildman–Crippen LogP) is 2.64. The fourth-order valence-electron chi connectivity index (χ4n) is 2.06. The molecule has 0 radical (unpaired) electrons. The van der Waals surface area contributed by atoms with E-state index in [0.29, 0.717) is 18.7 Å². The van der Waals surface area contributed by atoms with E-state index < -0.39 is 0 Å². The number of halogens is 2. The first-order valence-electron chi connectivity index (χ1n) is 5.73. The van der Waals surface area contributed by atoms with Crippen LogP contribution in [0.15, 0.2) is 12.3 Å². The van der Waals surface area contributed by atoms with Gasteiger partial charge in [0, 0.05) is 19.3 Å². The Morgan fingerprint density at radius 1 is 1.39 bits per heavy atom. The number of pyridine rings is 1. The standard InChI is InChI=1S/C12H14Cl2N2O2/c1-7-5-16(6-8(2)18-7)12(17)9-3-10(13)11(14)15-4-9/h3-4,7-8H,5-6H2,1-2H3/t7-,8+. The lowest BCUT2D eigenvalue weighted by Gasteiger charge is -2.35. The zero-order chi connectivity index (χ0) is 13.3. The zero-order valence-electron chi connectivity index (χ0n) is 10.2. The molecule has 0 N–H and O–H groups in total. The molecule has 98 valence electrons. The van der Waals surface area contributed by atoms with E-state index in [0.717, 1.165) is 0 Å². The van der Waals surface area contributed by atoms with Crippen molar-refractivity contribution in [3.8, 4) is 0 Å². The molecule has 0 unspecified atom stereocenters. The van der Waals surface area contributed by atoms with E-state index >= 15 is 0 Å². The van der Waals surface area contributed by atoms with Gasteiger partial charge in [-0.1, -0.05) is 23.2 Å². The minimum absolute atomic E-state index is 0.0356. The highest BCUT2D eigenvalue weighted by Crippen LogP contribution is 2.21. The first-order chi connectivity index (χ1) is 8.47. The minimum atomic E-state index is -0.0944. The van der Waals surface area contributed by atoms with Crippen LogP contribution in [0.2, 0.25) is 10.2 Å². The molecule has 0 aliphatic carbocycles. The summed E-state index contributed by atoms with van der Waals surface area (Å²) >= 11 is 11.6. The van der Waals surface area contributed by atoms with E-state index in [1.165, 1.54) is 6.20 Å². The molecule has 1 aromatic heterocycles. The van der Waals surface area contributed by atoms with Gasteiger partial charge in [-0.2, -0.15) is 0 Å². The summed E-state index contributed by atoms with van der Waals surface area (Å²) in [5.41, 5.74) is 0.450. The molecule has 0 spiro atoms. The Labute approximate surface area is 116 Å². The van der Waals surface area contributed by atoms with Crippen molar-refractivity contribution in [3.05, 3.63) is 28.0 Å². The second-order valence-corrected chi connectivity index (χ2v) is 5.23. The third kappa shape index (κ3) is 2.94. The average molecular weight is 289 g/mol. The van der Waals surface area contributed by atoms with Gasteiger partial charge in [0.1, 0.15) is 5.15 Å². The van der Waals surface area contributed by atoms with Crippen LogP contribution in [0.25, 0.3) is 0 Å². The molecule has 1 saturated heterocycles. The molecule has 0 aromatic carbocycles. The Morgan fingerprint density at radius 3 is 2.56 bits per heavy atom. The first kappa shape index (κ1) is 13.6. The minimum Gasteiger partial charge on any atom is -0.372 e. The van der Waals surface area contributed by atoms with E-state index in [2.05, 4.69) is 4.98 Å². The molecule has 0 saturated carbocycles. The molecule has 0 bridgehead atoms. The maximum absolute atomic E-state index is 12.3. The van der Waals surface area contributed by atoms with Crippen molar-refractivity contribution in [3.63, 3.8) is 0 Å². The fourth-order valence-corrected chi connectivity index (χ4v) is 2.33. The summed E-state index contributed by atoms with van der Waals surface area (Å²) in [5, 5.41) is 0.494. The van der Waals surface area contributed by atoms with Gasteiger partial charge in [-0.25, -0.2) is 4.98 Å². The highest BCUT2D eigenvalue weighted by Gasteiger charge is 2.26.